The zero-order valence-electron chi connectivity index (χ0n) is 13.0. The number of carbonyl (C=O) groups excluding carboxylic acids is 1. The summed E-state index contributed by atoms with van der Waals surface area (Å²) in [6.45, 7) is 6.24. The van der Waals surface area contributed by atoms with Crippen LogP contribution in [0.5, 0.6) is 0 Å². The van der Waals surface area contributed by atoms with E-state index in [1.54, 1.807) is 0 Å². The number of hydrogen-bond donors (Lipinski definition) is 0. The van der Waals surface area contributed by atoms with Gasteiger partial charge in [-0.1, -0.05) is 62.4 Å². The van der Waals surface area contributed by atoms with E-state index < -0.39 is 0 Å². The van der Waals surface area contributed by atoms with Gasteiger partial charge in [-0.3, -0.25) is 4.79 Å². The molecule has 0 aliphatic carbocycles. The number of nitrogens with zero attached hydrogens (tertiary/aromatic N) is 1. The zero-order valence-corrected chi connectivity index (χ0v) is 13.0. The normalized spacial score (nSPS) is 12.2. The second kappa shape index (κ2) is 7.07. The molecule has 0 N–H and O–H groups in total. The smallest absolute Gasteiger partial charge is 0.227 e. The molecule has 2 heteroatoms. The minimum Gasteiger partial charge on any atom is -0.305 e. The van der Waals surface area contributed by atoms with Crippen molar-refractivity contribution in [1.29, 1.82) is 0 Å². The van der Waals surface area contributed by atoms with Crippen LogP contribution in [0.4, 0.5) is 5.69 Å². The molecule has 0 aliphatic rings. The van der Waals surface area contributed by atoms with Gasteiger partial charge in [-0.25, -0.2) is 0 Å². The lowest BCUT2D eigenvalue weighted by Crippen LogP contribution is -2.34. The summed E-state index contributed by atoms with van der Waals surface area (Å²) >= 11 is 0. The van der Waals surface area contributed by atoms with Crippen molar-refractivity contribution >= 4 is 11.6 Å². The lowest BCUT2D eigenvalue weighted by atomic mass is 10.0. The van der Waals surface area contributed by atoms with Crippen molar-refractivity contribution < 1.29 is 4.79 Å². The number of rotatable bonds is 5. The molecule has 110 valence electrons. The SMILES string of the molecule is CC(C)CC(=O)N(c1ccccc1)C(C)c1ccccc1. The van der Waals surface area contributed by atoms with E-state index in [1.807, 2.05) is 53.4 Å². The molecule has 21 heavy (non-hydrogen) atoms. The van der Waals surface area contributed by atoms with Gasteiger partial charge in [0.2, 0.25) is 5.91 Å². The van der Waals surface area contributed by atoms with Gasteiger partial charge in [0.15, 0.2) is 0 Å². The van der Waals surface area contributed by atoms with Gasteiger partial charge in [0.25, 0.3) is 0 Å². The van der Waals surface area contributed by atoms with E-state index in [0.29, 0.717) is 12.3 Å². The fourth-order valence-corrected chi connectivity index (χ4v) is 2.50. The molecule has 0 heterocycles. The lowest BCUT2D eigenvalue weighted by Gasteiger charge is -2.30. The summed E-state index contributed by atoms with van der Waals surface area (Å²) < 4.78 is 0. The van der Waals surface area contributed by atoms with Crippen LogP contribution in [0, 0.1) is 5.92 Å². The van der Waals surface area contributed by atoms with Crippen LogP contribution >= 0.6 is 0 Å². The first-order valence-corrected chi connectivity index (χ1v) is 7.51. The summed E-state index contributed by atoms with van der Waals surface area (Å²) in [5.74, 6) is 0.527. The van der Waals surface area contributed by atoms with Gasteiger partial charge in [0, 0.05) is 12.1 Å². The summed E-state index contributed by atoms with van der Waals surface area (Å²) in [5, 5.41) is 0. The predicted molar refractivity (Wildman–Crippen MR) is 88.2 cm³/mol. The fourth-order valence-electron chi connectivity index (χ4n) is 2.50. The molecule has 0 aromatic heterocycles. The highest BCUT2D eigenvalue weighted by Crippen LogP contribution is 2.28. The van der Waals surface area contributed by atoms with E-state index in [-0.39, 0.29) is 11.9 Å². The number of hydrogen-bond acceptors (Lipinski definition) is 1. The number of amides is 1. The van der Waals surface area contributed by atoms with Gasteiger partial charge in [0.05, 0.1) is 6.04 Å². The van der Waals surface area contributed by atoms with Crippen LogP contribution < -0.4 is 4.90 Å². The highest BCUT2D eigenvalue weighted by molar-refractivity contribution is 5.94. The standard InChI is InChI=1S/C19H23NO/c1-15(2)14-19(21)20(18-12-8-5-9-13-18)16(3)17-10-6-4-7-11-17/h4-13,15-16H,14H2,1-3H3. The van der Waals surface area contributed by atoms with Crippen molar-refractivity contribution in [2.75, 3.05) is 4.90 Å². The van der Waals surface area contributed by atoms with Crippen LogP contribution in [-0.4, -0.2) is 5.91 Å². The lowest BCUT2D eigenvalue weighted by molar-refractivity contribution is -0.119. The second-order valence-electron chi connectivity index (χ2n) is 5.78. The van der Waals surface area contributed by atoms with Crippen molar-refractivity contribution in [1.82, 2.24) is 0 Å². The summed E-state index contributed by atoms with van der Waals surface area (Å²) in [7, 11) is 0. The van der Waals surface area contributed by atoms with Gasteiger partial charge in [-0.15, -0.1) is 0 Å². The highest BCUT2D eigenvalue weighted by atomic mass is 16.2. The molecule has 2 aromatic carbocycles. The van der Waals surface area contributed by atoms with E-state index in [1.165, 1.54) is 0 Å². The number of carbonyl (C=O) groups is 1. The molecule has 1 atom stereocenters. The Bertz CT molecular complexity index is 563. The Morgan fingerprint density at radius 2 is 1.43 bits per heavy atom. The summed E-state index contributed by atoms with van der Waals surface area (Å²) in [4.78, 5) is 14.6. The zero-order chi connectivity index (χ0) is 15.2. The van der Waals surface area contributed by atoms with E-state index in [4.69, 9.17) is 0 Å². The van der Waals surface area contributed by atoms with Gasteiger partial charge >= 0.3 is 0 Å². The molecule has 1 unspecified atom stereocenters. The maximum atomic E-state index is 12.7. The third-order valence-corrected chi connectivity index (χ3v) is 3.56. The van der Waals surface area contributed by atoms with Gasteiger partial charge in [-0.2, -0.15) is 0 Å². The molecule has 0 saturated carbocycles. The Kier molecular flexibility index (Phi) is 5.15. The van der Waals surface area contributed by atoms with Gasteiger partial charge < -0.3 is 4.90 Å². The van der Waals surface area contributed by atoms with Gasteiger partial charge in [0.1, 0.15) is 0 Å². The monoisotopic (exact) mass is 281 g/mol. The summed E-state index contributed by atoms with van der Waals surface area (Å²) in [6.07, 6.45) is 0.562. The molecule has 0 radical (unpaired) electrons. The molecule has 2 rings (SSSR count). The van der Waals surface area contributed by atoms with Crippen molar-refractivity contribution in [3.05, 3.63) is 66.2 Å². The van der Waals surface area contributed by atoms with E-state index in [2.05, 4.69) is 32.9 Å². The third-order valence-electron chi connectivity index (χ3n) is 3.56. The third kappa shape index (κ3) is 3.94. The summed E-state index contributed by atoms with van der Waals surface area (Å²) in [5.41, 5.74) is 2.11. The molecule has 2 aromatic rings. The van der Waals surface area contributed by atoms with Crippen molar-refractivity contribution in [3.8, 4) is 0 Å². The molecule has 0 spiro atoms. The first-order valence-electron chi connectivity index (χ1n) is 7.51. The molecule has 1 amide bonds. The number of para-hydroxylation sites is 1. The van der Waals surface area contributed by atoms with Crippen molar-refractivity contribution in [2.45, 2.75) is 33.2 Å². The molecule has 0 fully saturated rings. The molecule has 0 saturated heterocycles. The number of benzene rings is 2. The van der Waals surface area contributed by atoms with Crippen LogP contribution in [-0.2, 0) is 4.79 Å². The van der Waals surface area contributed by atoms with Crippen LogP contribution in [0.25, 0.3) is 0 Å². The minimum atomic E-state index is 0.0276. The van der Waals surface area contributed by atoms with Crippen molar-refractivity contribution in [2.24, 2.45) is 5.92 Å². The molecule has 0 aliphatic heterocycles. The Hall–Kier alpha value is -2.09. The Morgan fingerprint density at radius 3 is 1.95 bits per heavy atom. The molecule has 0 bridgehead atoms. The first kappa shape index (κ1) is 15.3. The largest absolute Gasteiger partial charge is 0.305 e. The predicted octanol–water partition coefficient (Wildman–Crippen LogP) is 4.83. The average Bonchev–Trinajstić information content (AvgIpc) is 2.48. The average molecular weight is 281 g/mol. The van der Waals surface area contributed by atoms with Crippen molar-refractivity contribution in [3.63, 3.8) is 0 Å². The maximum Gasteiger partial charge on any atom is 0.227 e. The quantitative estimate of drug-likeness (QED) is 0.769. The van der Waals surface area contributed by atoms with Crippen LogP contribution in [0.15, 0.2) is 60.7 Å². The Morgan fingerprint density at radius 1 is 0.905 bits per heavy atom. The Balaban J connectivity index is 2.34. The second-order valence-corrected chi connectivity index (χ2v) is 5.78. The minimum absolute atomic E-state index is 0.0276. The van der Waals surface area contributed by atoms with E-state index >= 15 is 0 Å². The molecule has 2 nitrogen and oxygen atoms in total. The van der Waals surface area contributed by atoms with Gasteiger partial charge in [-0.05, 0) is 30.5 Å². The number of anilines is 1. The molecular formula is C19H23NO. The van der Waals surface area contributed by atoms with E-state index in [9.17, 15) is 4.79 Å². The highest BCUT2D eigenvalue weighted by Gasteiger charge is 2.23. The first-order chi connectivity index (χ1) is 10.1. The maximum absolute atomic E-state index is 12.7. The van der Waals surface area contributed by atoms with Crippen LogP contribution in [0.1, 0.15) is 38.8 Å². The Labute approximate surface area is 127 Å². The summed E-state index contributed by atoms with van der Waals surface area (Å²) in [6, 6.07) is 20.1. The fraction of sp³-hybridized carbons (Fsp3) is 0.316. The van der Waals surface area contributed by atoms with Crippen LogP contribution in [0.2, 0.25) is 0 Å². The van der Waals surface area contributed by atoms with Crippen LogP contribution in [0.3, 0.4) is 0 Å². The van der Waals surface area contributed by atoms with E-state index in [0.717, 1.165) is 11.3 Å². The molecular weight excluding hydrogens is 258 g/mol. The topological polar surface area (TPSA) is 20.3 Å².